The number of hydrogen-bond acceptors (Lipinski definition) is 6. The van der Waals surface area contributed by atoms with Crippen molar-refractivity contribution in [3.8, 4) is 0 Å². The largest absolute Gasteiger partial charge is 0.423 e. The SMILES string of the molecule is O=C(NO)c1cccc(Nc2nc3cc(Cl)c(Cl)cc3o2)n1. The Kier molecular flexibility index (Phi) is 3.84. The maximum absolute atomic E-state index is 11.3. The molecule has 3 N–H and O–H groups in total. The van der Waals surface area contributed by atoms with Crippen LogP contribution in [0.4, 0.5) is 11.8 Å². The van der Waals surface area contributed by atoms with E-state index in [4.69, 9.17) is 32.8 Å². The van der Waals surface area contributed by atoms with Gasteiger partial charge in [0.25, 0.3) is 5.91 Å². The summed E-state index contributed by atoms with van der Waals surface area (Å²) in [5.74, 6) is -0.398. The van der Waals surface area contributed by atoms with Gasteiger partial charge in [-0.2, -0.15) is 4.98 Å². The van der Waals surface area contributed by atoms with Crippen LogP contribution in [0.3, 0.4) is 0 Å². The average molecular weight is 339 g/mol. The summed E-state index contributed by atoms with van der Waals surface area (Å²) in [5, 5.41) is 12.1. The number of nitrogens with one attached hydrogen (secondary N) is 2. The van der Waals surface area contributed by atoms with Crippen molar-refractivity contribution in [2.24, 2.45) is 0 Å². The molecule has 0 aliphatic carbocycles. The maximum Gasteiger partial charge on any atom is 0.301 e. The lowest BCUT2D eigenvalue weighted by Crippen LogP contribution is -2.20. The topological polar surface area (TPSA) is 100 Å². The van der Waals surface area contributed by atoms with Crippen LogP contribution in [0.5, 0.6) is 0 Å². The Balaban J connectivity index is 1.91. The van der Waals surface area contributed by atoms with Crippen molar-refractivity contribution in [1.29, 1.82) is 0 Å². The Labute approximate surface area is 133 Å². The first-order chi connectivity index (χ1) is 10.6. The zero-order valence-electron chi connectivity index (χ0n) is 10.8. The number of halogens is 2. The highest BCUT2D eigenvalue weighted by Gasteiger charge is 2.11. The maximum atomic E-state index is 11.3. The van der Waals surface area contributed by atoms with Crippen LogP contribution in [0.15, 0.2) is 34.7 Å². The fraction of sp³-hybridized carbons (Fsp3) is 0. The van der Waals surface area contributed by atoms with E-state index >= 15 is 0 Å². The number of benzene rings is 1. The number of anilines is 2. The van der Waals surface area contributed by atoms with Crippen LogP contribution in [0.2, 0.25) is 10.0 Å². The lowest BCUT2D eigenvalue weighted by Gasteiger charge is -2.02. The van der Waals surface area contributed by atoms with Gasteiger partial charge in [-0.3, -0.25) is 15.3 Å². The summed E-state index contributed by atoms with van der Waals surface area (Å²) in [6.07, 6.45) is 0. The van der Waals surface area contributed by atoms with Crippen LogP contribution < -0.4 is 10.8 Å². The number of hydrogen-bond donors (Lipinski definition) is 3. The highest BCUT2D eigenvalue weighted by molar-refractivity contribution is 6.42. The van der Waals surface area contributed by atoms with E-state index in [1.54, 1.807) is 24.3 Å². The number of nitrogens with zero attached hydrogens (tertiary/aromatic N) is 2. The van der Waals surface area contributed by atoms with Gasteiger partial charge in [0, 0.05) is 6.07 Å². The summed E-state index contributed by atoms with van der Waals surface area (Å²) in [4.78, 5) is 19.5. The number of rotatable bonds is 3. The van der Waals surface area contributed by atoms with E-state index < -0.39 is 5.91 Å². The molecule has 22 heavy (non-hydrogen) atoms. The van der Waals surface area contributed by atoms with E-state index in [0.717, 1.165) is 0 Å². The van der Waals surface area contributed by atoms with Gasteiger partial charge < -0.3 is 4.42 Å². The van der Waals surface area contributed by atoms with Gasteiger partial charge in [0.1, 0.15) is 17.0 Å². The van der Waals surface area contributed by atoms with Crippen molar-refractivity contribution in [2.75, 3.05) is 5.32 Å². The van der Waals surface area contributed by atoms with Gasteiger partial charge >= 0.3 is 6.01 Å². The first-order valence-electron chi connectivity index (χ1n) is 6.01. The molecular weight excluding hydrogens is 331 g/mol. The van der Waals surface area contributed by atoms with E-state index in [1.165, 1.54) is 11.5 Å². The molecule has 1 amide bonds. The molecule has 0 saturated heterocycles. The molecule has 1 aromatic carbocycles. The number of fused-ring (bicyclic) bond motifs is 1. The quantitative estimate of drug-likeness (QED) is 0.500. The number of oxazole rings is 1. The summed E-state index contributed by atoms with van der Waals surface area (Å²) >= 11 is 11.8. The molecule has 9 heteroatoms. The second-order valence-electron chi connectivity index (χ2n) is 4.23. The van der Waals surface area contributed by atoms with E-state index in [9.17, 15) is 4.79 Å². The molecule has 0 atom stereocenters. The predicted molar refractivity (Wildman–Crippen MR) is 80.8 cm³/mol. The smallest absolute Gasteiger partial charge is 0.301 e. The Morgan fingerprint density at radius 3 is 2.73 bits per heavy atom. The third-order valence-corrected chi connectivity index (χ3v) is 3.47. The minimum atomic E-state index is -0.722. The minimum Gasteiger partial charge on any atom is -0.423 e. The zero-order valence-corrected chi connectivity index (χ0v) is 12.3. The standard InChI is InChI=1S/C13H8Cl2N4O3/c14-6-4-9-10(5-7(6)15)22-13(17-9)18-11-3-1-2-8(16-11)12(20)19-21/h1-5,21H,(H,19,20)(H,16,17,18). The van der Waals surface area contributed by atoms with Crippen LogP contribution in [0, 0.1) is 0 Å². The summed E-state index contributed by atoms with van der Waals surface area (Å²) in [7, 11) is 0. The second-order valence-corrected chi connectivity index (χ2v) is 5.04. The van der Waals surface area contributed by atoms with Gasteiger partial charge in [0.2, 0.25) is 0 Å². The van der Waals surface area contributed by atoms with Crippen molar-refractivity contribution in [2.45, 2.75) is 0 Å². The molecule has 112 valence electrons. The molecule has 2 heterocycles. The van der Waals surface area contributed by atoms with Gasteiger partial charge in [0.05, 0.1) is 10.0 Å². The van der Waals surface area contributed by atoms with E-state index in [-0.39, 0.29) is 11.7 Å². The molecular formula is C13H8Cl2N4O3. The Bertz CT molecular complexity index is 827. The molecule has 3 rings (SSSR count). The molecule has 0 bridgehead atoms. The number of amides is 1. The monoisotopic (exact) mass is 338 g/mol. The third kappa shape index (κ3) is 2.82. The van der Waals surface area contributed by atoms with Crippen LogP contribution >= 0.6 is 23.2 Å². The van der Waals surface area contributed by atoms with Crippen molar-refractivity contribution in [1.82, 2.24) is 15.4 Å². The number of carbonyl (C=O) groups excluding carboxylic acids is 1. The molecule has 0 aliphatic rings. The molecule has 0 radical (unpaired) electrons. The van der Waals surface area contributed by atoms with Gasteiger partial charge in [-0.05, 0) is 18.2 Å². The summed E-state index contributed by atoms with van der Waals surface area (Å²) in [6, 6.07) is 7.96. The van der Waals surface area contributed by atoms with Crippen molar-refractivity contribution < 1.29 is 14.4 Å². The van der Waals surface area contributed by atoms with Crippen LogP contribution in [0.25, 0.3) is 11.1 Å². The van der Waals surface area contributed by atoms with Gasteiger partial charge in [-0.1, -0.05) is 29.3 Å². The highest BCUT2D eigenvalue weighted by atomic mass is 35.5. The van der Waals surface area contributed by atoms with Crippen LogP contribution in [0.1, 0.15) is 10.5 Å². The number of pyridine rings is 1. The Morgan fingerprint density at radius 2 is 1.95 bits per heavy atom. The summed E-state index contributed by atoms with van der Waals surface area (Å²) in [6.45, 7) is 0. The third-order valence-electron chi connectivity index (χ3n) is 2.75. The Morgan fingerprint density at radius 1 is 1.18 bits per heavy atom. The van der Waals surface area contributed by atoms with E-state index in [1.807, 2.05) is 0 Å². The van der Waals surface area contributed by atoms with Gasteiger partial charge in [0.15, 0.2) is 5.58 Å². The average Bonchev–Trinajstić information content (AvgIpc) is 2.88. The lowest BCUT2D eigenvalue weighted by atomic mass is 10.3. The molecule has 7 nitrogen and oxygen atoms in total. The van der Waals surface area contributed by atoms with Gasteiger partial charge in [-0.25, -0.2) is 10.5 Å². The minimum absolute atomic E-state index is 0.0368. The molecule has 2 aromatic heterocycles. The molecule has 3 aromatic rings. The molecule has 0 fully saturated rings. The first kappa shape index (κ1) is 14.6. The molecule has 0 aliphatic heterocycles. The van der Waals surface area contributed by atoms with Crippen LogP contribution in [-0.4, -0.2) is 21.1 Å². The van der Waals surface area contributed by atoms with Crippen LogP contribution in [-0.2, 0) is 0 Å². The van der Waals surface area contributed by atoms with E-state index in [0.29, 0.717) is 27.0 Å². The number of aromatic nitrogens is 2. The molecule has 0 spiro atoms. The Hall–Kier alpha value is -2.35. The fourth-order valence-corrected chi connectivity index (χ4v) is 2.09. The lowest BCUT2D eigenvalue weighted by molar-refractivity contribution is 0.0701. The normalized spacial score (nSPS) is 10.7. The number of carbonyl (C=O) groups is 1. The fourth-order valence-electron chi connectivity index (χ4n) is 1.77. The van der Waals surface area contributed by atoms with Gasteiger partial charge in [-0.15, -0.1) is 0 Å². The zero-order chi connectivity index (χ0) is 15.7. The predicted octanol–water partition coefficient (Wildman–Crippen LogP) is 3.39. The molecule has 0 unspecified atom stereocenters. The van der Waals surface area contributed by atoms with E-state index in [2.05, 4.69) is 15.3 Å². The first-order valence-corrected chi connectivity index (χ1v) is 6.76. The second kappa shape index (κ2) is 5.80. The summed E-state index contributed by atoms with van der Waals surface area (Å²) in [5.41, 5.74) is 2.53. The highest BCUT2D eigenvalue weighted by Crippen LogP contribution is 2.29. The van der Waals surface area contributed by atoms with Crippen molar-refractivity contribution in [3.05, 3.63) is 46.1 Å². The number of hydroxylamine groups is 1. The molecule has 0 saturated carbocycles. The van der Waals surface area contributed by atoms with Crippen molar-refractivity contribution in [3.63, 3.8) is 0 Å². The summed E-state index contributed by atoms with van der Waals surface area (Å²) < 4.78 is 5.48. The van der Waals surface area contributed by atoms with Crippen molar-refractivity contribution >= 4 is 52.0 Å².